The van der Waals surface area contributed by atoms with E-state index in [4.69, 9.17) is 5.73 Å². The van der Waals surface area contributed by atoms with E-state index in [1.165, 1.54) is 0 Å². The van der Waals surface area contributed by atoms with Crippen LogP contribution in [-0.2, 0) is 0 Å². The maximum Gasteiger partial charge on any atom is 0.0612 e. The van der Waals surface area contributed by atoms with Crippen LogP contribution >= 0.6 is 0 Å². The fourth-order valence-corrected chi connectivity index (χ4v) is 0.982. The van der Waals surface area contributed by atoms with Crippen molar-refractivity contribution in [3.8, 4) is 0 Å². The maximum atomic E-state index is 5.63. The van der Waals surface area contributed by atoms with Gasteiger partial charge in [0.25, 0.3) is 0 Å². The molecule has 1 rings (SSSR count). The highest BCUT2D eigenvalue weighted by molar-refractivity contribution is 5.65. The fourth-order valence-electron chi connectivity index (χ4n) is 0.982. The molecule has 0 aliphatic carbocycles. The molecule has 1 heterocycles. The lowest BCUT2D eigenvalue weighted by Gasteiger charge is -2.17. The normalized spacial score (nSPS) is 23.6. The van der Waals surface area contributed by atoms with Gasteiger partial charge in [0.05, 0.1) is 12.6 Å². The van der Waals surface area contributed by atoms with Crippen molar-refractivity contribution < 1.29 is 0 Å². The Balaban J connectivity index is 2.14. The van der Waals surface area contributed by atoms with Gasteiger partial charge in [0.1, 0.15) is 0 Å². The first-order chi connectivity index (χ1) is 5.18. The van der Waals surface area contributed by atoms with Crippen LogP contribution in [-0.4, -0.2) is 55.9 Å². The Morgan fingerprint density at radius 3 is 2.91 bits per heavy atom. The van der Waals surface area contributed by atoms with Gasteiger partial charge in [0.2, 0.25) is 0 Å². The van der Waals surface area contributed by atoms with Crippen LogP contribution < -0.4 is 5.73 Å². The van der Waals surface area contributed by atoms with Crippen molar-refractivity contribution in [2.75, 3.05) is 33.7 Å². The smallest absolute Gasteiger partial charge is 0.0612 e. The first kappa shape index (κ1) is 8.49. The van der Waals surface area contributed by atoms with Crippen molar-refractivity contribution in [3.63, 3.8) is 0 Å². The van der Waals surface area contributed by atoms with Gasteiger partial charge in [0, 0.05) is 19.3 Å². The van der Waals surface area contributed by atoms with Gasteiger partial charge >= 0.3 is 0 Å². The predicted molar refractivity (Wildman–Crippen MR) is 46.6 cm³/mol. The molecule has 0 fully saturated rings. The topological polar surface area (TPSA) is 44.9 Å². The minimum absolute atomic E-state index is 0.136. The summed E-state index contributed by atoms with van der Waals surface area (Å²) in [6.45, 7) is 2.87. The minimum atomic E-state index is 0.136. The molecule has 1 aliphatic rings. The summed E-state index contributed by atoms with van der Waals surface area (Å²) in [5, 5.41) is 6.15. The Morgan fingerprint density at radius 1 is 1.73 bits per heavy atom. The summed E-state index contributed by atoms with van der Waals surface area (Å²) in [6, 6.07) is 0.136. The monoisotopic (exact) mass is 156 g/mol. The second-order valence-corrected chi connectivity index (χ2v) is 3.14. The summed E-state index contributed by atoms with van der Waals surface area (Å²) < 4.78 is 0. The van der Waals surface area contributed by atoms with Crippen LogP contribution in [0.3, 0.4) is 0 Å². The van der Waals surface area contributed by atoms with Gasteiger partial charge in [-0.15, -0.1) is 0 Å². The first-order valence-corrected chi connectivity index (χ1v) is 3.88. The molecule has 64 valence electrons. The second kappa shape index (κ2) is 3.69. The summed E-state index contributed by atoms with van der Waals surface area (Å²) >= 11 is 0. The lowest BCUT2D eigenvalue weighted by atomic mass is 10.3. The molecule has 11 heavy (non-hydrogen) atoms. The average Bonchev–Trinajstić information content (AvgIpc) is 2.31. The molecule has 4 nitrogen and oxygen atoms in total. The third kappa shape index (κ3) is 2.86. The third-order valence-corrected chi connectivity index (χ3v) is 1.65. The first-order valence-electron chi connectivity index (χ1n) is 3.88. The number of rotatable bonds is 3. The van der Waals surface area contributed by atoms with Crippen LogP contribution in [0.4, 0.5) is 0 Å². The van der Waals surface area contributed by atoms with Gasteiger partial charge in [-0.05, 0) is 14.1 Å². The molecule has 0 aromatic heterocycles. The van der Waals surface area contributed by atoms with Crippen LogP contribution in [0.1, 0.15) is 0 Å². The molecule has 0 spiro atoms. The zero-order valence-corrected chi connectivity index (χ0v) is 7.20. The SMILES string of the molecule is CN(C)CCN1CC(N)C=N1. The molecule has 0 amide bonds. The standard InChI is InChI=1S/C7H16N4/c1-10(2)3-4-11-6-7(8)5-9-11/h5,7H,3-4,6,8H2,1-2H3. The Labute approximate surface area is 67.6 Å². The molecule has 0 aromatic rings. The van der Waals surface area contributed by atoms with Crippen molar-refractivity contribution in [1.82, 2.24) is 9.91 Å². The van der Waals surface area contributed by atoms with Gasteiger partial charge < -0.3 is 10.6 Å². The molecule has 0 saturated carbocycles. The molecule has 0 radical (unpaired) electrons. The summed E-state index contributed by atoms with van der Waals surface area (Å²) in [6.07, 6.45) is 1.80. The highest BCUT2D eigenvalue weighted by Gasteiger charge is 2.12. The zero-order valence-electron chi connectivity index (χ0n) is 7.20. The van der Waals surface area contributed by atoms with E-state index in [2.05, 4.69) is 24.1 Å². The van der Waals surface area contributed by atoms with E-state index in [9.17, 15) is 0 Å². The van der Waals surface area contributed by atoms with Crippen molar-refractivity contribution in [1.29, 1.82) is 0 Å². The fraction of sp³-hybridized carbons (Fsp3) is 0.857. The summed E-state index contributed by atoms with van der Waals surface area (Å²) in [5.41, 5.74) is 5.63. The van der Waals surface area contributed by atoms with Crippen LogP contribution in [0.25, 0.3) is 0 Å². The van der Waals surface area contributed by atoms with Gasteiger partial charge in [-0.3, -0.25) is 5.01 Å². The maximum absolute atomic E-state index is 5.63. The van der Waals surface area contributed by atoms with Crippen molar-refractivity contribution in [2.45, 2.75) is 6.04 Å². The van der Waals surface area contributed by atoms with Gasteiger partial charge in [-0.25, -0.2) is 0 Å². The second-order valence-electron chi connectivity index (χ2n) is 3.14. The van der Waals surface area contributed by atoms with Gasteiger partial charge in [-0.2, -0.15) is 5.10 Å². The van der Waals surface area contributed by atoms with Gasteiger partial charge in [-0.1, -0.05) is 0 Å². The molecule has 0 aromatic carbocycles. The Kier molecular flexibility index (Phi) is 2.84. The Hall–Kier alpha value is -0.610. The summed E-state index contributed by atoms with van der Waals surface area (Å²) in [5.74, 6) is 0. The highest BCUT2D eigenvalue weighted by atomic mass is 15.5. The van der Waals surface area contributed by atoms with Crippen LogP contribution in [0.2, 0.25) is 0 Å². The molecule has 1 unspecified atom stereocenters. The lowest BCUT2D eigenvalue weighted by molar-refractivity contribution is 0.265. The van der Waals surface area contributed by atoms with E-state index in [1.54, 1.807) is 6.21 Å². The van der Waals surface area contributed by atoms with E-state index in [0.29, 0.717) is 0 Å². The number of hydrazone groups is 1. The number of nitrogens with zero attached hydrogens (tertiary/aromatic N) is 3. The zero-order chi connectivity index (χ0) is 8.27. The van der Waals surface area contributed by atoms with E-state index >= 15 is 0 Å². The molecular formula is C7H16N4. The van der Waals surface area contributed by atoms with Crippen LogP contribution in [0, 0.1) is 0 Å². The molecule has 2 N–H and O–H groups in total. The number of hydrogen-bond acceptors (Lipinski definition) is 4. The van der Waals surface area contributed by atoms with E-state index < -0.39 is 0 Å². The number of likely N-dealkylation sites (N-methyl/N-ethyl adjacent to an activating group) is 1. The van der Waals surface area contributed by atoms with Crippen molar-refractivity contribution in [2.24, 2.45) is 10.8 Å². The Morgan fingerprint density at radius 2 is 2.45 bits per heavy atom. The van der Waals surface area contributed by atoms with E-state index in [0.717, 1.165) is 19.6 Å². The van der Waals surface area contributed by atoms with Crippen molar-refractivity contribution >= 4 is 6.21 Å². The predicted octanol–water partition coefficient (Wildman–Crippen LogP) is -0.823. The quantitative estimate of drug-likeness (QED) is 0.580. The van der Waals surface area contributed by atoms with E-state index in [1.807, 2.05) is 5.01 Å². The largest absolute Gasteiger partial charge is 0.322 e. The number of hydrogen-bond donors (Lipinski definition) is 1. The summed E-state index contributed by atoms with van der Waals surface area (Å²) in [7, 11) is 4.11. The minimum Gasteiger partial charge on any atom is -0.322 e. The number of nitrogens with two attached hydrogens (primary N) is 1. The third-order valence-electron chi connectivity index (χ3n) is 1.65. The lowest BCUT2D eigenvalue weighted by Crippen LogP contribution is -2.32. The molecule has 1 aliphatic heterocycles. The molecule has 4 heteroatoms. The molecule has 0 saturated heterocycles. The Bertz CT molecular complexity index is 143. The van der Waals surface area contributed by atoms with Gasteiger partial charge in [0.15, 0.2) is 0 Å². The van der Waals surface area contributed by atoms with Crippen LogP contribution in [0.15, 0.2) is 5.10 Å². The van der Waals surface area contributed by atoms with Crippen molar-refractivity contribution in [3.05, 3.63) is 0 Å². The molecular weight excluding hydrogens is 140 g/mol. The van der Waals surface area contributed by atoms with E-state index in [-0.39, 0.29) is 6.04 Å². The average molecular weight is 156 g/mol. The molecule has 0 bridgehead atoms. The highest BCUT2D eigenvalue weighted by Crippen LogP contribution is 1.97. The summed E-state index contributed by atoms with van der Waals surface area (Å²) in [4.78, 5) is 2.14. The van der Waals surface area contributed by atoms with Crippen LogP contribution in [0.5, 0.6) is 0 Å². The molecule has 1 atom stereocenters.